The maximum atomic E-state index is 12.2. The van der Waals surface area contributed by atoms with Crippen molar-refractivity contribution in [1.82, 2.24) is 4.90 Å². The summed E-state index contributed by atoms with van der Waals surface area (Å²) in [5.41, 5.74) is 2.80. The molecule has 1 aromatic rings. The van der Waals surface area contributed by atoms with Crippen LogP contribution in [0.15, 0.2) is 24.3 Å². The van der Waals surface area contributed by atoms with E-state index < -0.39 is 0 Å². The summed E-state index contributed by atoms with van der Waals surface area (Å²) in [5, 5.41) is 0. The lowest BCUT2D eigenvalue weighted by Gasteiger charge is -2.38. The number of benzene rings is 1. The van der Waals surface area contributed by atoms with Crippen molar-refractivity contribution in [2.75, 3.05) is 44.3 Å². The van der Waals surface area contributed by atoms with E-state index in [1.54, 1.807) is 0 Å². The van der Waals surface area contributed by atoms with Crippen molar-refractivity contribution in [2.45, 2.75) is 39.5 Å². The molecule has 1 saturated heterocycles. The minimum Gasteiger partial charge on any atom is -0.381 e. The third kappa shape index (κ3) is 4.71. The molecular formula is C19H30N2O2. The molecule has 0 aromatic heterocycles. The molecule has 23 heavy (non-hydrogen) atoms. The fraction of sp³-hybridized carbons (Fsp3) is 0.632. The number of carbonyl (C=O) groups excluding carboxylic acids is 1. The molecule has 0 atom stereocenters. The van der Waals surface area contributed by atoms with E-state index in [-0.39, 0.29) is 11.3 Å². The van der Waals surface area contributed by atoms with Crippen molar-refractivity contribution < 1.29 is 9.53 Å². The summed E-state index contributed by atoms with van der Waals surface area (Å²) in [5.74, 6) is 0.210. The first-order valence-corrected chi connectivity index (χ1v) is 8.63. The van der Waals surface area contributed by atoms with Crippen molar-refractivity contribution in [3.05, 3.63) is 29.8 Å². The monoisotopic (exact) mass is 318 g/mol. The van der Waals surface area contributed by atoms with Gasteiger partial charge in [-0.1, -0.05) is 39.0 Å². The summed E-state index contributed by atoms with van der Waals surface area (Å²) in [7, 11) is 0. The van der Waals surface area contributed by atoms with Crippen LogP contribution in [-0.4, -0.2) is 50.2 Å². The summed E-state index contributed by atoms with van der Waals surface area (Å²) in [6, 6.07) is 8.63. The van der Waals surface area contributed by atoms with E-state index in [0.29, 0.717) is 19.6 Å². The summed E-state index contributed by atoms with van der Waals surface area (Å²) in [6.07, 6.45) is 0.492. The van der Waals surface area contributed by atoms with Gasteiger partial charge in [0.05, 0.1) is 13.0 Å². The molecule has 128 valence electrons. The van der Waals surface area contributed by atoms with Gasteiger partial charge in [-0.3, -0.25) is 4.79 Å². The van der Waals surface area contributed by atoms with Crippen LogP contribution in [0.5, 0.6) is 0 Å². The van der Waals surface area contributed by atoms with E-state index in [2.05, 4.69) is 49.9 Å². The maximum absolute atomic E-state index is 12.2. The van der Waals surface area contributed by atoms with Gasteiger partial charge >= 0.3 is 0 Å². The SMILES string of the molecule is CCOCCC(=O)N1CCN(c2ccccc2C(C)(C)C)CC1. The van der Waals surface area contributed by atoms with Crippen molar-refractivity contribution in [1.29, 1.82) is 0 Å². The predicted octanol–water partition coefficient (Wildman–Crippen LogP) is 3.06. The Morgan fingerprint density at radius 1 is 1.13 bits per heavy atom. The molecule has 0 aliphatic carbocycles. The van der Waals surface area contributed by atoms with E-state index in [1.807, 2.05) is 11.8 Å². The summed E-state index contributed by atoms with van der Waals surface area (Å²) in [4.78, 5) is 16.5. The Morgan fingerprint density at radius 3 is 2.39 bits per heavy atom. The van der Waals surface area contributed by atoms with Gasteiger partial charge in [-0.05, 0) is 24.0 Å². The molecule has 1 amide bonds. The standard InChI is InChI=1S/C19H30N2O2/c1-5-23-15-10-18(22)21-13-11-20(12-14-21)17-9-7-6-8-16(17)19(2,3)4/h6-9H,5,10-15H2,1-4H3. The van der Waals surface area contributed by atoms with Crippen molar-refractivity contribution in [3.8, 4) is 0 Å². The van der Waals surface area contributed by atoms with E-state index in [0.717, 1.165) is 26.2 Å². The van der Waals surface area contributed by atoms with Gasteiger partial charge in [-0.15, -0.1) is 0 Å². The van der Waals surface area contributed by atoms with Crippen LogP contribution in [0.2, 0.25) is 0 Å². The number of ether oxygens (including phenoxy) is 1. The van der Waals surface area contributed by atoms with Gasteiger partial charge in [0.15, 0.2) is 0 Å². The molecule has 0 radical (unpaired) electrons. The molecule has 1 aliphatic rings. The van der Waals surface area contributed by atoms with Gasteiger partial charge in [-0.25, -0.2) is 0 Å². The summed E-state index contributed by atoms with van der Waals surface area (Å²) >= 11 is 0. The highest BCUT2D eigenvalue weighted by atomic mass is 16.5. The summed E-state index contributed by atoms with van der Waals surface area (Å²) in [6.45, 7) is 13.3. The second-order valence-corrected chi connectivity index (χ2v) is 7.08. The Hall–Kier alpha value is -1.55. The Balaban J connectivity index is 1.96. The normalized spacial score (nSPS) is 15.8. The third-order valence-corrected chi connectivity index (χ3v) is 4.35. The van der Waals surface area contributed by atoms with Crippen molar-refractivity contribution in [3.63, 3.8) is 0 Å². The number of nitrogens with zero attached hydrogens (tertiary/aromatic N) is 2. The maximum Gasteiger partial charge on any atom is 0.225 e. The van der Waals surface area contributed by atoms with Crippen LogP contribution in [0.3, 0.4) is 0 Å². The number of piperazine rings is 1. The number of hydrogen-bond donors (Lipinski definition) is 0. The topological polar surface area (TPSA) is 32.8 Å². The van der Waals surface area contributed by atoms with Crippen molar-refractivity contribution in [2.24, 2.45) is 0 Å². The number of carbonyl (C=O) groups is 1. The molecule has 0 spiro atoms. The highest BCUT2D eigenvalue weighted by Crippen LogP contribution is 2.32. The average molecular weight is 318 g/mol. The lowest BCUT2D eigenvalue weighted by atomic mass is 9.85. The molecule has 4 nitrogen and oxygen atoms in total. The van der Waals surface area contributed by atoms with Crippen LogP contribution in [0.25, 0.3) is 0 Å². The van der Waals surface area contributed by atoms with E-state index in [4.69, 9.17) is 4.74 Å². The first-order valence-electron chi connectivity index (χ1n) is 8.63. The number of rotatable bonds is 5. The fourth-order valence-corrected chi connectivity index (χ4v) is 3.04. The van der Waals surface area contributed by atoms with Crippen LogP contribution in [0.4, 0.5) is 5.69 Å². The fourth-order valence-electron chi connectivity index (χ4n) is 3.04. The number of amides is 1. The molecule has 2 rings (SSSR count). The minimum atomic E-state index is 0.126. The predicted molar refractivity (Wildman–Crippen MR) is 95.0 cm³/mol. The molecule has 1 aliphatic heterocycles. The molecule has 4 heteroatoms. The molecule has 0 saturated carbocycles. The average Bonchev–Trinajstić information content (AvgIpc) is 2.54. The number of hydrogen-bond acceptors (Lipinski definition) is 3. The lowest BCUT2D eigenvalue weighted by Crippen LogP contribution is -2.49. The third-order valence-electron chi connectivity index (χ3n) is 4.35. The van der Waals surface area contributed by atoms with Crippen LogP contribution in [0, 0.1) is 0 Å². The van der Waals surface area contributed by atoms with Crippen LogP contribution in [-0.2, 0) is 14.9 Å². The first kappa shape index (κ1) is 17.8. The van der Waals surface area contributed by atoms with Gasteiger partial charge in [0, 0.05) is 38.5 Å². The zero-order valence-electron chi connectivity index (χ0n) is 15.0. The van der Waals surface area contributed by atoms with E-state index in [9.17, 15) is 4.79 Å². The molecule has 1 aromatic carbocycles. The van der Waals surface area contributed by atoms with Crippen molar-refractivity contribution >= 4 is 11.6 Å². The quantitative estimate of drug-likeness (QED) is 0.782. The Labute approximate surface area is 140 Å². The second kappa shape index (κ2) is 7.82. The Kier molecular flexibility index (Phi) is 6.05. The Bertz CT molecular complexity index is 514. The lowest BCUT2D eigenvalue weighted by molar-refractivity contribution is -0.132. The molecule has 0 unspecified atom stereocenters. The first-order chi connectivity index (χ1) is 10.9. The molecule has 1 fully saturated rings. The molecular weight excluding hydrogens is 288 g/mol. The minimum absolute atomic E-state index is 0.126. The van der Waals surface area contributed by atoms with Gasteiger partial charge in [0.1, 0.15) is 0 Å². The molecule has 0 N–H and O–H groups in total. The zero-order chi connectivity index (χ0) is 16.9. The van der Waals surface area contributed by atoms with Gasteiger partial charge in [-0.2, -0.15) is 0 Å². The highest BCUT2D eigenvalue weighted by molar-refractivity contribution is 5.76. The second-order valence-electron chi connectivity index (χ2n) is 7.08. The summed E-state index contributed by atoms with van der Waals surface area (Å²) < 4.78 is 5.28. The largest absolute Gasteiger partial charge is 0.381 e. The highest BCUT2D eigenvalue weighted by Gasteiger charge is 2.25. The Morgan fingerprint density at radius 2 is 1.78 bits per heavy atom. The van der Waals surface area contributed by atoms with Gasteiger partial charge < -0.3 is 14.5 Å². The van der Waals surface area contributed by atoms with Crippen LogP contribution >= 0.6 is 0 Å². The van der Waals surface area contributed by atoms with E-state index >= 15 is 0 Å². The molecule has 0 bridgehead atoms. The molecule has 1 heterocycles. The van der Waals surface area contributed by atoms with E-state index in [1.165, 1.54) is 11.3 Å². The smallest absolute Gasteiger partial charge is 0.225 e. The van der Waals surface area contributed by atoms with Gasteiger partial charge in [0.2, 0.25) is 5.91 Å². The number of anilines is 1. The number of para-hydroxylation sites is 1. The van der Waals surface area contributed by atoms with Crippen LogP contribution in [0.1, 0.15) is 39.7 Å². The van der Waals surface area contributed by atoms with Crippen LogP contribution < -0.4 is 4.90 Å². The van der Waals surface area contributed by atoms with Gasteiger partial charge in [0.25, 0.3) is 0 Å². The zero-order valence-corrected chi connectivity index (χ0v) is 15.0.